The molecule has 1 aliphatic rings. The van der Waals surface area contributed by atoms with E-state index in [4.69, 9.17) is 11.6 Å². The topological polar surface area (TPSA) is 98.7 Å². The smallest absolute Gasteiger partial charge is 0.286 e. The molecule has 1 amide bonds. The second-order valence-electron chi connectivity index (χ2n) is 8.71. The number of likely N-dealkylation sites (N-methyl/N-ethyl adjacent to an activating group) is 2. The van der Waals surface area contributed by atoms with Crippen LogP contribution in [0.1, 0.15) is 11.1 Å². The molecule has 1 aromatic heterocycles. The van der Waals surface area contributed by atoms with E-state index >= 15 is 0 Å². The highest BCUT2D eigenvalue weighted by atomic mass is 35.5. The molecule has 2 aromatic carbocycles. The molecule has 0 saturated heterocycles. The fourth-order valence-electron chi connectivity index (χ4n) is 3.63. The molecule has 0 atom stereocenters. The Balaban J connectivity index is 1.74. The summed E-state index contributed by atoms with van der Waals surface area (Å²) in [7, 11) is 2.53. The molecule has 0 bridgehead atoms. The number of carbonyl (C=O) groups excluding carboxylic acids is 1. The lowest BCUT2D eigenvalue weighted by Gasteiger charge is -2.20. The zero-order valence-corrected chi connectivity index (χ0v) is 22.3. The Morgan fingerprint density at radius 3 is 2.57 bits per heavy atom. The number of H-pyrrole nitrogens is 1. The number of sulfone groups is 1. The number of halogens is 1. The Hall–Kier alpha value is -2.66. The molecule has 0 spiro atoms. The number of thioether (sulfide) groups is 1. The van der Waals surface area contributed by atoms with Crippen molar-refractivity contribution in [3.8, 4) is 0 Å². The molecule has 0 saturated carbocycles. The standard InChI is InChI=1S/C24H26ClN5O3S2/c1-29(2)9-10-30(3)24-27-23(31)22(34-24)19(15-6-8-21-17(11-15)14-26-28-21)12-16-5-7-18(13-20(16)25)35(4,32)33/h5-8,11,13-14H,9-10,12H2,1-4H3,(H,26,28). The minimum absolute atomic E-state index is 0.153. The summed E-state index contributed by atoms with van der Waals surface area (Å²) in [6.07, 6.45) is 3.21. The van der Waals surface area contributed by atoms with Crippen LogP contribution in [0.4, 0.5) is 0 Å². The SMILES string of the molecule is CN(C)CCN(C)C1=NC(=O)C(=C(Cc2ccc(S(C)(=O)=O)cc2Cl)c2ccc3[nH]ncc3c2)S1. The normalized spacial score (nSPS) is 15.7. The van der Waals surface area contributed by atoms with E-state index < -0.39 is 9.84 Å². The van der Waals surface area contributed by atoms with Crippen LogP contribution in [-0.2, 0) is 21.1 Å². The van der Waals surface area contributed by atoms with Crippen molar-refractivity contribution in [3.05, 3.63) is 63.6 Å². The fraction of sp³-hybridized carbons (Fsp3) is 0.292. The number of fused-ring (bicyclic) bond motifs is 1. The summed E-state index contributed by atoms with van der Waals surface area (Å²) in [5, 5.41) is 8.92. The molecule has 0 unspecified atom stereocenters. The van der Waals surface area contributed by atoms with Gasteiger partial charge in [0.2, 0.25) is 0 Å². The van der Waals surface area contributed by atoms with Crippen molar-refractivity contribution < 1.29 is 13.2 Å². The van der Waals surface area contributed by atoms with Gasteiger partial charge in [-0.3, -0.25) is 9.89 Å². The second-order valence-corrected chi connectivity index (χ2v) is 12.1. The lowest BCUT2D eigenvalue weighted by molar-refractivity contribution is -0.113. The van der Waals surface area contributed by atoms with Gasteiger partial charge in [0.25, 0.3) is 5.91 Å². The Morgan fingerprint density at radius 1 is 1.11 bits per heavy atom. The van der Waals surface area contributed by atoms with Crippen molar-refractivity contribution in [3.63, 3.8) is 0 Å². The van der Waals surface area contributed by atoms with Crippen LogP contribution >= 0.6 is 23.4 Å². The Bertz CT molecular complexity index is 1460. The highest BCUT2D eigenvalue weighted by Crippen LogP contribution is 2.38. The van der Waals surface area contributed by atoms with E-state index in [9.17, 15) is 13.2 Å². The number of rotatable bonds is 7. The number of aromatic nitrogens is 2. The molecule has 8 nitrogen and oxygen atoms in total. The van der Waals surface area contributed by atoms with Crippen molar-refractivity contribution in [1.82, 2.24) is 20.0 Å². The first-order valence-corrected chi connectivity index (χ1v) is 13.9. The Kier molecular flexibility index (Phi) is 7.37. The molecule has 184 valence electrons. The van der Waals surface area contributed by atoms with E-state index in [0.717, 1.165) is 46.9 Å². The molecule has 1 N–H and O–H groups in total. The van der Waals surface area contributed by atoms with Crippen LogP contribution in [0.15, 0.2) is 57.4 Å². The van der Waals surface area contributed by atoms with Crippen molar-refractivity contribution in [2.24, 2.45) is 4.99 Å². The first-order chi connectivity index (χ1) is 16.5. The van der Waals surface area contributed by atoms with Crippen LogP contribution in [0, 0.1) is 0 Å². The lowest BCUT2D eigenvalue weighted by atomic mass is 9.96. The lowest BCUT2D eigenvalue weighted by Crippen LogP contribution is -2.31. The van der Waals surface area contributed by atoms with Crippen LogP contribution in [0.25, 0.3) is 16.5 Å². The van der Waals surface area contributed by atoms with E-state index in [-0.39, 0.29) is 10.8 Å². The summed E-state index contributed by atoms with van der Waals surface area (Å²) in [5.41, 5.74) is 3.23. The molecule has 3 aromatic rings. The van der Waals surface area contributed by atoms with Crippen molar-refractivity contribution >= 4 is 60.8 Å². The zero-order valence-electron chi connectivity index (χ0n) is 19.9. The number of hydrogen-bond acceptors (Lipinski definition) is 7. The third-order valence-corrected chi connectivity index (χ3v) is 8.35. The van der Waals surface area contributed by atoms with Gasteiger partial charge in [-0.05, 0) is 66.8 Å². The van der Waals surface area contributed by atoms with Crippen molar-refractivity contribution in [2.75, 3.05) is 40.5 Å². The number of amides is 1. The molecule has 0 radical (unpaired) electrons. The maximum Gasteiger partial charge on any atom is 0.286 e. The predicted molar refractivity (Wildman–Crippen MR) is 142 cm³/mol. The zero-order chi connectivity index (χ0) is 25.3. The summed E-state index contributed by atoms with van der Waals surface area (Å²) in [6.45, 7) is 1.56. The molecule has 0 fully saturated rings. The first-order valence-electron chi connectivity index (χ1n) is 10.8. The number of carbonyl (C=O) groups is 1. The quantitative estimate of drug-likeness (QED) is 0.464. The van der Waals surface area contributed by atoms with Crippen LogP contribution in [0.3, 0.4) is 0 Å². The van der Waals surface area contributed by atoms with Crippen LogP contribution < -0.4 is 0 Å². The second kappa shape index (κ2) is 10.1. The number of benzene rings is 2. The summed E-state index contributed by atoms with van der Waals surface area (Å²) in [6, 6.07) is 10.5. The van der Waals surface area contributed by atoms with Gasteiger partial charge in [-0.15, -0.1) is 0 Å². The minimum Gasteiger partial charge on any atom is -0.353 e. The molecular weight excluding hydrogens is 506 g/mol. The van der Waals surface area contributed by atoms with Gasteiger partial charge in [0.1, 0.15) is 0 Å². The predicted octanol–water partition coefficient (Wildman–Crippen LogP) is 3.70. The summed E-state index contributed by atoms with van der Waals surface area (Å²) >= 11 is 7.85. The van der Waals surface area contributed by atoms with Gasteiger partial charge in [-0.25, -0.2) is 8.42 Å². The highest BCUT2D eigenvalue weighted by Gasteiger charge is 2.29. The summed E-state index contributed by atoms with van der Waals surface area (Å²) in [4.78, 5) is 22.1. The molecule has 11 heteroatoms. The largest absolute Gasteiger partial charge is 0.353 e. The molecule has 0 aliphatic carbocycles. The number of amidine groups is 1. The summed E-state index contributed by atoms with van der Waals surface area (Å²) < 4.78 is 23.9. The van der Waals surface area contributed by atoms with Crippen molar-refractivity contribution in [2.45, 2.75) is 11.3 Å². The van der Waals surface area contributed by atoms with E-state index in [0.29, 0.717) is 21.5 Å². The van der Waals surface area contributed by atoms with Gasteiger partial charge < -0.3 is 9.80 Å². The molecule has 2 heterocycles. The highest BCUT2D eigenvalue weighted by molar-refractivity contribution is 8.18. The fourth-order valence-corrected chi connectivity index (χ4v) is 5.59. The first kappa shape index (κ1) is 25.4. The van der Waals surface area contributed by atoms with E-state index in [1.54, 1.807) is 18.3 Å². The van der Waals surface area contributed by atoms with E-state index in [1.165, 1.54) is 17.8 Å². The van der Waals surface area contributed by atoms with Crippen LogP contribution in [0.5, 0.6) is 0 Å². The molecular formula is C24H26ClN5O3S2. The Morgan fingerprint density at radius 2 is 1.89 bits per heavy atom. The van der Waals surface area contributed by atoms with Gasteiger partial charge in [0, 0.05) is 43.2 Å². The molecule has 1 aliphatic heterocycles. The number of aromatic amines is 1. The van der Waals surface area contributed by atoms with Crippen molar-refractivity contribution in [1.29, 1.82) is 0 Å². The maximum atomic E-state index is 13.1. The molecule has 35 heavy (non-hydrogen) atoms. The Labute approximate surface area is 214 Å². The van der Waals surface area contributed by atoms with Gasteiger partial charge in [-0.1, -0.05) is 23.7 Å². The van der Waals surface area contributed by atoms with Crippen LogP contribution in [-0.4, -0.2) is 80.0 Å². The third-order valence-electron chi connectivity index (χ3n) is 5.68. The average Bonchev–Trinajstić information content (AvgIpc) is 3.42. The van der Waals surface area contributed by atoms with E-state index in [1.807, 2.05) is 44.2 Å². The van der Waals surface area contributed by atoms with E-state index in [2.05, 4.69) is 20.1 Å². The van der Waals surface area contributed by atoms with Gasteiger partial charge in [0.05, 0.1) is 21.5 Å². The van der Waals surface area contributed by atoms with Gasteiger partial charge in [0.15, 0.2) is 15.0 Å². The van der Waals surface area contributed by atoms with Gasteiger partial charge >= 0.3 is 0 Å². The number of hydrogen-bond donors (Lipinski definition) is 1. The average molecular weight is 532 g/mol. The maximum absolute atomic E-state index is 13.1. The minimum atomic E-state index is -3.39. The van der Waals surface area contributed by atoms with Crippen LogP contribution in [0.2, 0.25) is 5.02 Å². The number of allylic oxidation sites excluding steroid dienone is 1. The monoisotopic (exact) mass is 531 g/mol. The third kappa shape index (κ3) is 5.78. The number of nitrogens with zero attached hydrogens (tertiary/aromatic N) is 4. The molecule has 4 rings (SSSR count). The number of nitrogens with one attached hydrogen (secondary N) is 1. The summed E-state index contributed by atoms with van der Waals surface area (Å²) in [5.74, 6) is -0.298. The number of aliphatic imine (C=N–C) groups is 1. The van der Waals surface area contributed by atoms with Gasteiger partial charge in [-0.2, -0.15) is 10.1 Å².